The van der Waals surface area contributed by atoms with Crippen LogP contribution in [0.5, 0.6) is 5.75 Å². The predicted octanol–water partition coefficient (Wildman–Crippen LogP) is 4.43. The summed E-state index contributed by atoms with van der Waals surface area (Å²) in [4.78, 5) is 0.394. The van der Waals surface area contributed by atoms with E-state index in [1.54, 1.807) is 0 Å². The minimum absolute atomic E-state index is 0.394. The number of benzene rings is 2. The van der Waals surface area contributed by atoms with E-state index in [1.807, 2.05) is 24.3 Å². The molecule has 0 atom stereocenters. The summed E-state index contributed by atoms with van der Waals surface area (Å²) in [5.74, 6) is 0.799. The Morgan fingerprint density at radius 2 is 1.90 bits per heavy atom. The molecule has 20 heavy (non-hydrogen) atoms. The molecule has 0 aliphatic carbocycles. The minimum atomic E-state index is 0.394. The van der Waals surface area contributed by atoms with Gasteiger partial charge in [0.2, 0.25) is 0 Å². The molecule has 0 radical (unpaired) electrons. The zero-order valence-corrected chi connectivity index (χ0v) is 12.7. The van der Waals surface area contributed by atoms with Crippen LogP contribution in [-0.2, 0) is 0 Å². The van der Waals surface area contributed by atoms with E-state index in [1.165, 1.54) is 19.3 Å². The largest absolute Gasteiger partial charge is 0.493 e. The fourth-order valence-electron chi connectivity index (χ4n) is 2.34. The van der Waals surface area contributed by atoms with Gasteiger partial charge in [0.05, 0.1) is 12.2 Å². The lowest BCUT2D eigenvalue weighted by Crippen LogP contribution is -2.13. The average molecular weight is 287 g/mol. The SMILES string of the molecule is CCCCCCOc1ccc2ccccc2c1C(N)=S. The van der Waals surface area contributed by atoms with E-state index in [-0.39, 0.29) is 0 Å². The van der Waals surface area contributed by atoms with E-state index in [4.69, 9.17) is 22.7 Å². The van der Waals surface area contributed by atoms with E-state index >= 15 is 0 Å². The Hall–Kier alpha value is -1.61. The molecule has 0 saturated carbocycles. The Labute approximate surface area is 125 Å². The number of ether oxygens (including phenoxy) is 1. The first kappa shape index (κ1) is 14.8. The van der Waals surface area contributed by atoms with Crippen LogP contribution in [0.15, 0.2) is 36.4 Å². The second-order valence-corrected chi connectivity index (χ2v) is 5.37. The molecular weight excluding hydrogens is 266 g/mol. The third kappa shape index (κ3) is 3.48. The first-order valence-corrected chi connectivity index (χ1v) is 7.59. The van der Waals surface area contributed by atoms with Gasteiger partial charge in [-0.2, -0.15) is 0 Å². The molecule has 0 fully saturated rings. The zero-order chi connectivity index (χ0) is 14.4. The van der Waals surface area contributed by atoms with Gasteiger partial charge in [-0.15, -0.1) is 0 Å². The first-order chi connectivity index (χ1) is 9.74. The van der Waals surface area contributed by atoms with Crippen molar-refractivity contribution < 1.29 is 4.74 Å². The van der Waals surface area contributed by atoms with Gasteiger partial charge in [0.25, 0.3) is 0 Å². The van der Waals surface area contributed by atoms with Gasteiger partial charge < -0.3 is 10.5 Å². The molecule has 2 aromatic rings. The van der Waals surface area contributed by atoms with Crippen molar-refractivity contribution >= 4 is 28.0 Å². The third-order valence-electron chi connectivity index (χ3n) is 3.39. The van der Waals surface area contributed by atoms with Crippen molar-refractivity contribution in [3.05, 3.63) is 42.0 Å². The van der Waals surface area contributed by atoms with Crippen LogP contribution < -0.4 is 10.5 Å². The molecule has 0 aliphatic rings. The summed E-state index contributed by atoms with van der Waals surface area (Å²) in [6.07, 6.45) is 4.75. The summed E-state index contributed by atoms with van der Waals surface area (Å²) in [7, 11) is 0. The molecule has 2 N–H and O–H groups in total. The van der Waals surface area contributed by atoms with Crippen LogP contribution in [0.3, 0.4) is 0 Å². The van der Waals surface area contributed by atoms with Crippen molar-refractivity contribution in [2.75, 3.05) is 6.61 Å². The van der Waals surface area contributed by atoms with E-state index in [0.717, 1.165) is 28.5 Å². The van der Waals surface area contributed by atoms with Crippen LogP contribution in [0.2, 0.25) is 0 Å². The van der Waals surface area contributed by atoms with Crippen LogP contribution >= 0.6 is 12.2 Å². The number of fused-ring (bicyclic) bond motifs is 1. The van der Waals surface area contributed by atoms with Crippen molar-refractivity contribution in [1.82, 2.24) is 0 Å². The minimum Gasteiger partial charge on any atom is -0.493 e. The Bertz CT molecular complexity index is 595. The molecule has 0 spiro atoms. The highest BCUT2D eigenvalue weighted by atomic mass is 32.1. The van der Waals surface area contributed by atoms with Crippen molar-refractivity contribution in [2.45, 2.75) is 32.6 Å². The lowest BCUT2D eigenvalue weighted by Gasteiger charge is -2.13. The molecule has 0 unspecified atom stereocenters. The number of nitrogens with two attached hydrogens (primary N) is 1. The van der Waals surface area contributed by atoms with Crippen LogP contribution in [0.4, 0.5) is 0 Å². The highest BCUT2D eigenvalue weighted by molar-refractivity contribution is 7.80. The van der Waals surface area contributed by atoms with Gasteiger partial charge in [-0.05, 0) is 23.3 Å². The lowest BCUT2D eigenvalue weighted by molar-refractivity contribution is 0.305. The Morgan fingerprint density at radius 3 is 2.65 bits per heavy atom. The quantitative estimate of drug-likeness (QED) is 0.604. The monoisotopic (exact) mass is 287 g/mol. The van der Waals surface area contributed by atoms with Gasteiger partial charge in [0, 0.05) is 0 Å². The second kappa shape index (κ2) is 7.25. The highest BCUT2D eigenvalue weighted by Gasteiger charge is 2.11. The number of hydrogen-bond donors (Lipinski definition) is 1. The maximum Gasteiger partial charge on any atom is 0.130 e. The molecule has 0 heterocycles. The van der Waals surface area contributed by atoms with E-state index in [9.17, 15) is 0 Å². The fourth-order valence-corrected chi connectivity index (χ4v) is 2.55. The molecule has 0 saturated heterocycles. The molecule has 106 valence electrons. The summed E-state index contributed by atoms with van der Waals surface area (Å²) >= 11 is 5.20. The summed E-state index contributed by atoms with van der Waals surface area (Å²) in [5, 5.41) is 2.19. The van der Waals surface area contributed by atoms with Gasteiger partial charge in [0.15, 0.2) is 0 Å². The van der Waals surface area contributed by atoms with Crippen molar-refractivity contribution in [3.63, 3.8) is 0 Å². The Morgan fingerprint density at radius 1 is 1.10 bits per heavy atom. The Balaban J connectivity index is 2.20. The zero-order valence-electron chi connectivity index (χ0n) is 11.9. The molecule has 2 rings (SSSR count). The highest BCUT2D eigenvalue weighted by Crippen LogP contribution is 2.28. The van der Waals surface area contributed by atoms with Crippen LogP contribution in [-0.4, -0.2) is 11.6 Å². The molecule has 2 aromatic carbocycles. The fraction of sp³-hybridized carbons (Fsp3) is 0.353. The summed E-state index contributed by atoms with van der Waals surface area (Å²) in [6.45, 7) is 2.92. The molecule has 0 amide bonds. The summed E-state index contributed by atoms with van der Waals surface area (Å²) < 4.78 is 5.89. The van der Waals surface area contributed by atoms with Crippen LogP contribution in [0, 0.1) is 0 Å². The Kier molecular flexibility index (Phi) is 5.36. The van der Waals surface area contributed by atoms with E-state index < -0.39 is 0 Å². The van der Waals surface area contributed by atoms with Gasteiger partial charge in [-0.1, -0.05) is 68.7 Å². The number of rotatable bonds is 7. The van der Waals surface area contributed by atoms with Gasteiger partial charge in [-0.25, -0.2) is 0 Å². The second-order valence-electron chi connectivity index (χ2n) is 4.93. The number of unbranched alkanes of at least 4 members (excludes halogenated alkanes) is 3. The first-order valence-electron chi connectivity index (χ1n) is 7.18. The summed E-state index contributed by atoms with van der Waals surface area (Å²) in [6, 6.07) is 12.1. The number of hydrogen-bond acceptors (Lipinski definition) is 2. The molecule has 2 nitrogen and oxygen atoms in total. The predicted molar refractivity (Wildman–Crippen MR) is 89.5 cm³/mol. The summed E-state index contributed by atoms with van der Waals surface area (Å²) in [5.41, 5.74) is 6.74. The van der Waals surface area contributed by atoms with Crippen LogP contribution in [0.25, 0.3) is 10.8 Å². The topological polar surface area (TPSA) is 35.2 Å². The van der Waals surface area contributed by atoms with Gasteiger partial charge in [0.1, 0.15) is 10.7 Å². The molecular formula is C17H21NOS. The molecule has 0 bridgehead atoms. The van der Waals surface area contributed by atoms with Crippen molar-refractivity contribution in [1.29, 1.82) is 0 Å². The third-order valence-corrected chi connectivity index (χ3v) is 3.60. The van der Waals surface area contributed by atoms with Gasteiger partial charge in [-0.3, -0.25) is 0 Å². The van der Waals surface area contributed by atoms with E-state index in [0.29, 0.717) is 11.6 Å². The molecule has 0 aromatic heterocycles. The van der Waals surface area contributed by atoms with Crippen molar-refractivity contribution in [3.8, 4) is 5.75 Å². The maximum atomic E-state index is 5.89. The van der Waals surface area contributed by atoms with Gasteiger partial charge >= 0.3 is 0 Å². The molecule has 3 heteroatoms. The molecule has 0 aliphatic heterocycles. The number of thiocarbonyl (C=S) groups is 1. The normalized spacial score (nSPS) is 10.7. The van der Waals surface area contributed by atoms with E-state index in [2.05, 4.69) is 19.1 Å². The standard InChI is InChI=1S/C17H21NOS/c1-2-3-4-7-12-19-15-11-10-13-8-5-6-9-14(13)16(15)17(18)20/h5-6,8-11H,2-4,7,12H2,1H3,(H2,18,20). The lowest BCUT2D eigenvalue weighted by atomic mass is 10.0. The maximum absolute atomic E-state index is 5.89. The van der Waals surface area contributed by atoms with Crippen molar-refractivity contribution in [2.24, 2.45) is 5.73 Å². The smallest absolute Gasteiger partial charge is 0.130 e. The van der Waals surface area contributed by atoms with Crippen LogP contribution in [0.1, 0.15) is 38.2 Å². The average Bonchev–Trinajstić information content (AvgIpc) is 2.46.